The van der Waals surface area contributed by atoms with E-state index in [1.807, 2.05) is 24.3 Å². The summed E-state index contributed by atoms with van der Waals surface area (Å²) in [6, 6.07) is 13.4. The Labute approximate surface area is 178 Å². The molecule has 0 saturated heterocycles. The van der Waals surface area contributed by atoms with Crippen molar-refractivity contribution in [1.82, 2.24) is 20.1 Å². The lowest BCUT2D eigenvalue weighted by atomic mass is 10.1. The van der Waals surface area contributed by atoms with Crippen LogP contribution in [0.1, 0.15) is 26.8 Å². The molecule has 0 fully saturated rings. The highest BCUT2D eigenvalue weighted by Crippen LogP contribution is 2.33. The van der Waals surface area contributed by atoms with Gasteiger partial charge < -0.3 is 5.32 Å². The second kappa shape index (κ2) is 7.95. The van der Waals surface area contributed by atoms with Gasteiger partial charge in [0.05, 0.1) is 28.0 Å². The summed E-state index contributed by atoms with van der Waals surface area (Å²) in [5.41, 5.74) is -1.41. The van der Waals surface area contributed by atoms with Crippen LogP contribution >= 0.6 is 11.3 Å². The fourth-order valence-electron chi connectivity index (χ4n) is 3.08. The summed E-state index contributed by atoms with van der Waals surface area (Å²) in [4.78, 5) is 29.3. The van der Waals surface area contributed by atoms with Gasteiger partial charge in [-0.1, -0.05) is 24.3 Å². The summed E-state index contributed by atoms with van der Waals surface area (Å²) in [5.74, 6) is -0.789. The van der Waals surface area contributed by atoms with E-state index in [-0.39, 0.29) is 17.9 Å². The molecule has 2 heterocycles. The van der Waals surface area contributed by atoms with Crippen LogP contribution < -0.4 is 10.7 Å². The van der Waals surface area contributed by atoms with Gasteiger partial charge in [-0.05, 0) is 31.2 Å². The number of alkyl halides is 3. The molecule has 2 aromatic carbocycles. The number of hydrogen-bond acceptors (Lipinski definition) is 5. The molecule has 31 heavy (non-hydrogen) atoms. The first-order valence-electron chi connectivity index (χ1n) is 9.14. The average molecular weight is 444 g/mol. The van der Waals surface area contributed by atoms with Crippen LogP contribution in [0.15, 0.2) is 59.4 Å². The maximum Gasteiger partial charge on any atom is 0.418 e. The normalized spacial score (nSPS) is 11.6. The number of amides is 1. The van der Waals surface area contributed by atoms with Crippen LogP contribution in [0.4, 0.5) is 13.2 Å². The molecule has 4 rings (SSSR count). The van der Waals surface area contributed by atoms with Crippen molar-refractivity contribution < 1.29 is 18.0 Å². The number of rotatable bonds is 4. The summed E-state index contributed by atoms with van der Waals surface area (Å²) < 4.78 is 42.1. The van der Waals surface area contributed by atoms with E-state index in [4.69, 9.17) is 0 Å². The Morgan fingerprint density at radius 3 is 2.58 bits per heavy atom. The lowest BCUT2D eigenvalue weighted by Gasteiger charge is -2.16. The van der Waals surface area contributed by atoms with Crippen molar-refractivity contribution in [3.8, 4) is 5.69 Å². The third-order valence-corrected chi connectivity index (χ3v) is 5.53. The van der Waals surface area contributed by atoms with Crippen LogP contribution in [-0.4, -0.2) is 20.7 Å². The molecule has 0 aliphatic heterocycles. The molecular weight excluding hydrogens is 429 g/mol. The van der Waals surface area contributed by atoms with Gasteiger partial charge >= 0.3 is 6.18 Å². The highest BCUT2D eigenvalue weighted by Gasteiger charge is 2.34. The molecular formula is C21H15F3N4O2S. The molecule has 4 aromatic rings. The van der Waals surface area contributed by atoms with Gasteiger partial charge in [0.1, 0.15) is 5.01 Å². The third-order valence-electron chi connectivity index (χ3n) is 4.50. The Bertz CT molecular complexity index is 1310. The Kier molecular flexibility index (Phi) is 5.32. The Balaban J connectivity index is 1.65. The molecule has 6 nitrogen and oxygen atoms in total. The van der Waals surface area contributed by atoms with Crippen LogP contribution in [0.5, 0.6) is 0 Å². The molecule has 0 aliphatic rings. The van der Waals surface area contributed by atoms with Crippen molar-refractivity contribution >= 4 is 27.5 Å². The van der Waals surface area contributed by atoms with E-state index >= 15 is 0 Å². The summed E-state index contributed by atoms with van der Waals surface area (Å²) in [6.07, 6.45) is -4.62. The Morgan fingerprint density at radius 2 is 1.84 bits per heavy atom. The van der Waals surface area contributed by atoms with Gasteiger partial charge in [-0.25, -0.2) is 9.67 Å². The van der Waals surface area contributed by atoms with Gasteiger partial charge in [0.2, 0.25) is 5.43 Å². The van der Waals surface area contributed by atoms with E-state index in [0.717, 1.165) is 27.0 Å². The van der Waals surface area contributed by atoms with Crippen LogP contribution in [0.3, 0.4) is 0 Å². The molecule has 0 aliphatic carbocycles. The summed E-state index contributed by atoms with van der Waals surface area (Å²) in [6.45, 7) is 1.51. The zero-order chi connectivity index (χ0) is 22.2. The molecule has 158 valence electrons. The number of halogens is 3. The van der Waals surface area contributed by atoms with Crippen molar-refractivity contribution in [1.29, 1.82) is 0 Å². The number of nitrogens with zero attached hydrogens (tertiary/aromatic N) is 3. The number of aromatic nitrogens is 3. The SMILES string of the molecule is Cc1cc(=O)c(C(=O)NCc2nc3ccccc3s2)nn1-c1ccccc1C(F)(F)F. The lowest BCUT2D eigenvalue weighted by Crippen LogP contribution is -2.32. The summed E-state index contributed by atoms with van der Waals surface area (Å²) in [7, 11) is 0. The minimum atomic E-state index is -4.62. The zero-order valence-electron chi connectivity index (χ0n) is 16.1. The van der Waals surface area contributed by atoms with Crippen LogP contribution in [0.25, 0.3) is 15.9 Å². The van der Waals surface area contributed by atoms with Gasteiger partial charge in [0.15, 0.2) is 5.69 Å². The highest BCUT2D eigenvalue weighted by molar-refractivity contribution is 7.18. The number of para-hydroxylation sites is 2. The fraction of sp³-hybridized carbons (Fsp3) is 0.143. The van der Waals surface area contributed by atoms with E-state index < -0.39 is 28.8 Å². The van der Waals surface area contributed by atoms with Crippen LogP contribution in [0, 0.1) is 6.92 Å². The first-order chi connectivity index (χ1) is 14.7. The Morgan fingerprint density at radius 1 is 1.13 bits per heavy atom. The maximum atomic E-state index is 13.4. The molecule has 1 N–H and O–H groups in total. The molecule has 1 amide bonds. The number of carbonyl (C=O) groups is 1. The summed E-state index contributed by atoms with van der Waals surface area (Å²) in [5, 5.41) is 7.15. The van der Waals surface area contributed by atoms with Gasteiger partial charge in [-0.2, -0.15) is 18.3 Å². The van der Waals surface area contributed by atoms with E-state index in [9.17, 15) is 22.8 Å². The zero-order valence-corrected chi connectivity index (χ0v) is 16.9. The molecule has 0 spiro atoms. The van der Waals surface area contributed by atoms with Crippen molar-refractivity contribution in [3.63, 3.8) is 0 Å². The Hall–Kier alpha value is -3.53. The van der Waals surface area contributed by atoms with Gasteiger partial charge in [-0.3, -0.25) is 9.59 Å². The standard InChI is InChI=1S/C21H15F3N4O2S/c1-12-10-16(29)19(27-28(12)15-8-4-2-6-13(15)21(22,23)24)20(30)25-11-18-26-14-7-3-5-9-17(14)31-18/h2-10H,11H2,1H3,(H,25,30). The molecule has 0 radical (unpaired) electrons. The molecule has 0 saturated carbocycles. The average Bonchev–Trinajstić information content (AvgIpc) is 3.14. The van der Waals surface area contributed by atoms with Crippen molar-refractivity contribution in [2.24, 2.45) is 0 Å². The van der Waals surface area contributed by atoms with Crippen molar-refractivity contribution in [2.45, 2.75) is 19.6 Å². The molecule has 10 heteroatoms. The smallest absolute Gasteiger partial charge is 0.344 e. The van der Waals surface area contributed by atoms with Crippen LogP contribution in [0.2, 0.25) is 0 Å². The van der Waals surface area contributed by atoms with Gasteiger partial charge in [0.25, 0.3) is 5.91 Å². The van der Waals surface area contributed by atoms with Gasteiger partial charge in [0, 0.05) is 11.8 Å². The monoisotopic (exact) mass is 444 g/mol. The van der Waals surface area contributed by atoms with Crippen molar-refractivity contribution in [3.05, 3.63) is 86.8 Å². The van der Waals surface area contributed by atoms with E-state index in [1.165, 1.54) is 36.5 Å². The lowest BCUT2D eigenvalue weighted by molar-refractivity contribution is -0.137. The number of hydrogen-bond donors (Lipinski definition) is 1. The van der Waals surface area contributed by atoms with Gasteiger partial charge in [-0.15, -0.1) is 11.3 Å². The quantitative estimate of drug-likeness (QED) is 0.514. The number of carbonyl (C=O) groups excluding carboxylic acids is 1. The predicted octanol–water partition coefficient (Wildman–Crippen LogP) is 4.10. The number of fused-ring (bicyclic) bond motifs is 1. The summed E-state index contributed by atoms with van der Waals surface area (Å²) >= 11 is 1.39. The predicted molar refractivity (Wildman–Crippen MR) is 110 cm³/mol. The maximum absolute atomic E-state index is 13.4. The largest absolute Gasteiger partial charge is 0.418 e. The first kappa shape index (κ1) is 20.7. The third kappa shape index (κ3) is 4.19. The van der Waals surface area contributed by atoms with Crippen molar-refractivity contribution in [2.75, 3.05) is 0 Å². The first-order valence-corrected chi connectivity index (χ1v) is 9.96. The molecule has 0 unspecified atom stereocenters. The topological polar surface area (TPSA) is 76.9 Å². The minimum Gasteiger partial charge on any atom is -0.344 e. The van der Waals surface area contributed by atoms with E-state index in [1.54, 1.807) is 0 Å². The van der Waals surface area contributed by atoms with Crippen LogP contribution in [-0.2, 0) is 12.7 Å². The number of benzene rings is 2. The highest BCUT2D eigenvalue weighted by atomic mass is 32.1. The number of nitrogens with one attached hydrogen (secondary N) is 1. The molecule has 0 bridgehead atoms. The minimum absolute atomic E-state index is 0.0618. The second-order valence-electron chi connectivity index (χ2n) is 6.68. The molecule has 0 atom stereocenters. The van der Waals surface area contributed by atoms with E-state index in [0.29, 0.717) is 5.01 Å². The van der Waals surface area contributed by atoms with E-state index in [2.05, 4.69) is 15.4 Å². The number of thiazole rings is 1. The number of aryl methyl sites for hydroxylation is 1. The fourth-order valence-corrected chi connectivity index (χ4v) is 3.99. The molecule has 2 aromatic heterocycles. The second-order valence-corrected chi connectivity index (χ2v) is 7.80.